The summed E-state index contributed by atoms with van der Waals surface area (Å²) in [5.74, 6) is -0.459. The molecule has 1 aromatic carbocycles. The number of nitro groups is 1. The van der Waals surface area contributed by atoms with Gasteiger partial charge in [0.25, 0.3) is 5.69 Å². The molecule has 0 spiro atoms. The number of carbonyl (C=O) groups is 2. The van der Waals surface area contributed by atoms with Gasteiger partial charge in [-0.3, -0.25) is 25.1 Å². The fourth-order valence-electron chi connectivity index (χ4n) is 2.45. The Labute approximate surface area is 115 Å². The van der Waals surface area contributed by atoms with Crippen molar-refractivity contribution in [1.29, 1.82) is 0 Å². The average Bonchev–Trinajstić information content (AvgIpc) is 2.69. The molecule has 1 aromatic rings. The van der Waals surface area contributed by atoms with Crippen molar-refractivity contribution in [2.45, 2.75) is 27.7 Å². The fourth-order valence-corrected chi connectivity index (χ4v) is 2.45. The van der Waals surface area contributed by atoms with Gasteiger partial charge in [-0.15, -0.1) is 0 Å². The van der Waals surface area contributed by atoms with Crippen molar-refractivity contribution < 1.29 is 14.5 Å². The minimum atomic E-state index is -0.621. The minimum absolute atomic E-state index is 0.115. The predicted octanol–water partition coefficient (Wildman–Crippen LogP) is 1.88. The molecule has 1 aliphatic heterocycles. The standard InChI is InChI=1S/C13H15N3O4/c1-6-7(2)9(4)12(16(19)20)11(8(6)3)15-5-10(17)14-13(15)18/h5H2,1-4H3,(H,14,17,18). The topological polar surface area (TPSA) is 92.6 Å². The van der Waals surface area contributed by atoms with Gasteiger partial charge >= 0.3 is 6.03 Å². The monoisotopic (exact) mass is 277 g/mol. The number of nitro benzene ring substituents is 1. The molecule has 3 amide bonds. The van der Waals surface area contributed by atoms with Crippen LogP contribution in [-0.2, 0) is 4.79 Å². The molecule has 7 heteroatoms. The molecule has 2 rings (SSSR count). The molecule has 1 heterocycles. The van der Waals surface area contributed by atoms with Crippen LogP contribution in [0.1, 0.15) is 22.3 Å². The van der Waals surface area contributed by atoms with Crippen LogP contribution in [-0.4, -0.2) is 23.4 Å². The molecule has 20 heavy (non-hydrogen) atoms. The molecule has 1 fully saturated rings. The Bertz CT molecular complexity index is 652. The summed E-state index contributed by atoms with van der Waals surface area (Å²) in [6.45, 7) is 6.84. The number of hydrogen-bond donors (Lipinski definition) is 1. The zero-order valence-corrected chi connectivity index (χ0v) is 11.7. The van der Waals surface area contributed by atoms with Crippen molar-refractivity contribution in [1.82, 2.24) is 5.32 Å². The first-order valence-corrected chi connectivity index (χ1v) is 6.11. The van der Waals surface area contributed by atoms with Crippen molar-refractivity contribution >= 4 is 23.3 Å². The van der Waals surface area contributed by atoms with Crippen LogP contribution in [0, 0.1) is 37.8 Å². The van der Waals surface area contributed by atoms with E-state index in [1.165, 1.54) is 0 Å². The van der Waals surface area contributed by atoms with Crippen LogP contribution in [0.25, 0.3) is 0 Å². The summed E-state index contributed by atoms with van der Waals surface area (Å²) in [5, 5.41) is 13.5. The van der Waals surface area contributed by atoms with Crippen molar-refractivity contribution in [3.63, 3.8) is 0 Å². The number of amides is 3. The molecular formula is C13H15N3O4. The number of nitrogens with one attached hydrogen (secondary N) is 1. The lowest BCUT2D eigenvalue weighted by molar-refractivity contribution is -0.384. The molecule has 7 nitrogen and oxygen atoms in total. The number of carbonyl (C=O) groups excluding carboxylic acids is 2. The third-order valence-electron chi connectivity index (χ3n) is 3.87. The maximum absolute atomic E-state index is 11.8. The Balaban J connectivity index is 2.78. The molecule has 0 aliphatic carbocycles. The van der Waals surface area contributed by atoms with Gasteiger partial charge in [0.05, 0.1) is 4.92 Å². The smallest absolute Gasteiger partial charge is 0.278 e. The summed E-state index contributed by atoms with van der Waals surface area (Å²) in [6.07, 6.45) is 0. The lowest BCUT2D eigenvalue weighted by atomic mass is 9.95. The molecule has 1 saturated heterocycles. The van der Waals surface area contributed by atoms with Crippen molar-refractivity contribution in [3.8, 4) is 0 Å². The number of rotatable bonds is 2. The number of benzene rings is 1. The van der Waals surface area contributed by atoms with Crippen LogP contribution in [0.2, 0.25) is 0 Å². The van der Waals surface area contributed by atoms with Gasteiger partial charge in [0.15, 0.2) is 0 Å². The Hall–Kier alpha value is -2.44. The third-order valence-corrected chi connectivity index (χ3v) is 3.87. The molecule has 0 aromatic heterocycles. The molecular weight excluding hydrogens is 262 g/mol. The summed E-state index contributed by atoms with van der Waals surface area (Å²) < 4.78 is 0. The highest BCUT2D eigenvalue weighted by molar-refractivity contribution is 6.13. The van der Waals surface area contributed by atoms with Gasteiger partial charge in [-0.25, -0.2) is 4.79 Å². The largest absolute Gasteiger partial charge is 0.329 e. The Morgan fingerprint density at radius 3 is 2.05 bits per heavy atom. The Morgan fingerprint density at radius 1 is 1.05 bits per heavy atom. The van der Waals surface area contributed by atoms with Crippen molar-refractivity contribution in [3.05, 3.63) is 32.4 Å². The lowest BCUT2D eigenvalue weighted by Crippen LogP contribution is -2.29. The number of hydrogen-bond acceptors (Lipinski definition) is 4. The number of urea groups is 1. The van der Waals surface area contributed by atoms with E-state index in [0.29, 0.717) is 11.1 Å². The van der Waals surface area contributed by atoms with Gasteiger partial charge in [0.1, 0.15) is 12.2 Å². The van der Waals surface area contributed by atoms with Gasteiger partial charge in [0.2, 0.25) is 5.91 Å². The van der Waals surface area contributed by atoms with Gasteiger partial charge in [-0.1, -0.05) is 0 Å². The molecule has 0 unspecified atom stereocenters. The van der Waals surface area contributed by atoms with E-state index in [1.807, 2.05) is 13.8 Å². The van der Waals surface area contributed by atoms with Gasteiger partial charge in [0, 0.05) is 5.56 Å². The Kier molecular flexibility index (Phi) is 3.21. The zero-order chi connectivity index (χ0) is 15.2. The second-order valence-electron chi connectivity index (χ2n) is 4.89. The van der Waals surface area contributed by atoms with Crippen LogP contribution >= 0.6 is 0 Å². The number of nitrogens with zero attached hydrogens (tertiary/aromatic N) is 2. The van der Waals surface area contributed by atoms with E-state index in [4.69, 9.17) is 0 Å². The van der Waals surface area contributed by atoms with Crippen LogP contribution in [0.5, 0.6) is 0 Å². The van der Waals surface area contributed by atoms with E-state index >= 15 is 0 Å². The summed E-state index contributed by atoms with van der Waals surface area (Å²) >= 11 is 0. The van der Waals surface area contributed by atoms with E-state index in [0.717, 1.165) is 16.0 Å². The van der Waals surface area contributed by atoms with Gasteiger partial charge < -0.3 is 0 Å². The van der Waals surface area contributed by atoms with E-state index in [9.17, 15) is 19.7 Å². The van der Waals surface area contributed by atoms with E-state index in [-0.39, 0.29) is 17.9 Å². The highest BCUT2D eigenvalue weighted by atomic mass is 16.6. The highest BCUT2D eigenvalue weighted by Gasteiger charge is 2.36. The normalized spacial score (nSPS) is 14.7. The van der Waals surface area contributed by atoms with E-state index in [1.54, 1.807) is 13.8 Å². The van der Waals surface area contributed by atoms with Gasteiger partial charge in [-0.2, -0.15) is 0 Å². The van der Waals surface area contributed by atoms with Crippen LogP contribution in [0.15, 0.2) is 0 Å². The summed E-state index contributed by atoms with van der Waals surface area (Å²) in [6, 6.07) is -0.621. The minimum Gasteiger partial charge on any atom is -0.278 e. The SMILES string of the molecule is Cc1c(C)c(C)c([N+](=O)[O-])c(N2CC(=O)NC2=O)c1C. The molecule has 0 atom stereocenters. The zero-order valence-electron chi connectivity index (χ0n) is 11.7. The Morgan fingerprint density at radius 2 is 1.60 bits per heavy atom. The average molecular weight is 277 g/mol. The first kappa shape index (κ1) is 14.0. The first-order valence-electron chi connectivity index (χ1n) is 6.11. The van der Waals surface area contributed by atoms with E-state index in [2.05, 4.69) is 5.32 Å². The maximum Gasteiger partial charge on any atom is 0.329 e. The molecule has 0 bridgehead atoms. The lowest BCUT2D eigenvalue weighted by Gasteiger charge is -2.20. The molecule has 0 saturated carbocycles. The summed E-state index contributed by atoms with van der Waals surface area (Å²) in [7, 11) is 0. The molecule has 1 aliphatic rings. The molecule has 1 N–H and O–H groups in total. The van der Waals surface area contributed by atoms with Crippen molar-refractivity contribution in [2.24, 2.45) is 0 Å². The first-order chi connectivity index (χ1) is 9.25. The third kappa shape index (κ3) is 1.91. The maximum atomic E-state index is 11.8. The van der Waals surface area contributed by atoms with Crippen LogP contribution in [0.3, 0.4) is 0 Å². The fraction of sp³-hybridized carbons (Fsp3) is 0.385. The summed E-state index contributed by atoms with van der Waals surface area (Å²) in [4.78, 5) is 35.1. The van der Waals surface area contributed by atoms with Crippen LogP contribution in [0.4, 0.5) is 16.2 Å². The number of anilines is 1. The van der Waals surface area contributed by atoms with Gasteiger partial charge in [-0.05, 0) is 44.4 Å². The van der Waals surface area contributed by atoms with Crippen LogP contribution < -0.4 is 10.2 Å². The molecule has 106 valence electrons. The predicted molar refractivity (Wildman–Crippen MR) is 72.9 cm³/mol. The second-order valence-corrected chi connectivity index (χ2v) is 4.89. The quantitative estimate of drug-likeness (QED) is 0.507. The van der Waals surface area contributed by atoms with E-state index < -0.39 is 16.9 Å². The highest BCUT2D eigenvalue weighted by Crippen LogP contribution is 2.39. The molecule has 0 radical (unpaired) electrons. The summed E-state index contributed by atoms with van der Waals surface area (Å²) in [5.41, 5.74) is 2.96. The second kappa shape index (κ2) is 4.59. The number of imide groups is 1. The van der Waals surface area contributed by atoms with Crippen molar-refractivity contribution in [2.75, 3.05) is 11.4 Å².